The van der Waals surface area contributed by atoms with Crippen LogP contribution in [0, 0.1) is 0 Å². The fourth-order valence-electron chi connectivity index (χ4n) is 1.19. The van der Waals surface area contributed by atoms with Crippen molar-refractivity contribution in [1.29, 1.82) is 0 Å². The number of halogens is 3. The summed E-state index contributed by atoms with van der Waals surface area (Å²) in [5.74, 6) is 0. The number of nitrogens with zero attached hydrogens (tertiary/aromatic N) is 2. The fraction of sp³-hybridized carbons (Fsp3) is 0.444. The highest BCUT2D eigenvalue weighted by Crippen LogP contribution is 2.18. The number of anilines is 1. The van der Waals surface area contributed by atoms with Gasteiger partial charge in [-0.05, 0) is 22.0 Å². The van der Waals surface area contributed by atoms with Crippen molar-refractivity contribution in [2.24, 2.45) is 0 Å². The molecule has 0 spiro atoms. The Morgan fingerprint density at radius 1 is 1.47 bits per heavy atom. The quantitative estimate of drug-likeness (QED) is 0.895. The predicted molar refractivity (Wildman–Crippen MR) is 57.2 cm³/mol. The molecule has 15 heavy (non-hydrogen) atoms. The second kappa shape index (κ2) is 5.97. The minimum absolute atomic E-state index is 0.167. The SMILES string of the molecule is OCCN(CC(F)F)c1cncc(Br)c1. The van der Waals surface area contributed by atoms with Crippen LogP contribution in [0.2, 0.25) is 0 Å². The van der Waals surface area contributed by atoms with Crippen molar-refractivity contribution in [3.05, 3.63) is 22.9 Å². The van der Waals surface area contributed by atoms with E-state index >= 15 is 0 Å². The Hall–Kier alpha value is -0.750. The molecule has 0 aromatic carbocycles. The van der Waals surface area contributed by atoms with E-state index in [9.17, 15) is 8.78 Å². The number of rotatable bonds is 5. The summed E-state index contributed by atoms with van der Waals surface area (Å²) >= 11 is 3.21. The van der Waals surface area contributed by atoms with Gasteiger partial charge in [0, 0.05) is 17.2 Å². The number of hydrogen-bond acceptors (Lipinski definition) is 3. The maximum absolute atomic E-state index is 12.2. The summed E-state index contributed by atoms with van der Waals surface area (Å²) in [5.41, 5.74) is 0.568. The van der Waals surface area contributed by atoms with Gasteiger partial charge in [-0.15, -0.1) is 0 Å². The highest BCUT2D eigenvalue weighted by molar-refractivity contribution is 9.10. The van der Waals surface area contributed by atoms with Crippen LogP contribution in [0.15, 0.2) is 22.9 Å². The zero-order chi connectivity index (χ0) is 11.3. The molecular formula is C9H11BrF2N2O. The molecule has 0 saturated carbocycles. The van der Waals surface area contributed by atoms with Gasteiger partial charge in [-0.2, -0.15) is 0 Å². The van der Waals surface area contributed by atoms with Crippen LogP contribution in [0.1, 0.15) is 0 Å². The van der Waals surface area contributed by atoms with Crippen molar-refractivity contribution in [1.82, 2.24) is 4.98 Å². The molecule has 1 aromatic heterocycles. The fourth-order valence-corrected chi connectivity index (χ4v) is 1.54. The van der Waals surface area contributed by atoms with Gasteiger partial charge in [0.25, 0.3) is 6.43 Å². The van der Waals surface area contributed by atoms with Crippen molar-refractivity contribution < 1.29 is 13.9 Å². The summed E-state index contributed by atoms with van der Waals surface area (Å²) in [6, 6.07) is 1.69. The Balaban J connectivity index is 2.78. The van der Waals surface area contributed by atoms with Gasteiger partial charge in [0.15, 0.2) is 0 Å². The van der Waals surface area contributed by atoms with Gasteiger partial charge in [-0.3, -0.25) is 4.98 Å². The molecule has 1 rings (SSSR count). The van der Waals surface area contributed by atoms with Crippen molar-refractivity contribution >= 4 is 21.6 Å². The summed E-state index contributed by atoms with van der Waals surface area (Å²) < 4.78 is 25.2. The van der Waals surface area contributed by atoms with Crippen molar-refractivity contribution in [2.75, 3.05) is 24.6 Å². The number of hydrogen-bond donors (Lipinski definition) is 1. The molecule has 0 radical (unpaired) electrons. The lowest BCUT2D eigenvalue weighted by Gasteiger charge is -2.23. The summed E-state index contributed by atoms with van der Waals surface area (Å²) in [6.07, 6.45) is 0.627. The molecule has 0 saturated heterocycles. The van der Waals surface area contributed by atoms with E-state index in [4.69, 9.17) is 5.11 Å². The third kappa shape index (κ3) is 4.09. The van der Waals surface area contributed by atoms with Gasteiger partial charge in [0.05, 0.1) is 25.0 Å². The van der Waals surface area contributed by atoms with E-state index < -0.39 is 13.0 Å². The molecule has 1 N–H and O–H groups in total. The maximum atomic E-state index is 12.2. The molecule has 0 atom stereocenters. The number of alkyl halides is 2. The molecule has 3 nitrogen and oxygen atoms in total. The first-order chi connectivity index (χ1) is 7.13. The lowest BCUT2D eigenvalue weighted by molar-refractivity contribution is 0.153. The minimum Gasteiger partial charge on any atom is -0.395 e. The van der Waals surface area contributed by atoms with Crippen molar-refractivity contribution in [2.45, 2.75) is 6.43 Å². The minimum atomic E-state index is -2.43. The first-order valence-electron chi connectivity index (χ1n) is 4.38. The molecule has 0 aliphatic rings. The molecule has 0 fully saturated rings. The Bertz CT molecular complexity index is 312. The Morgan fingerprint density at radius 2 is 2.20 bits per heavy atom. The predicted octanol–water partition coefficient (Wildman–Crippen LogP) is 1.91. The van der Waals surface area contributed by atoms with E-state index in [1.54, 1.807) is 12.3 Å². The molecule has 1 aromatic rings. The highest BCUT2D eigenvalue weighted by atomic mass is 79.9. The van der Waals surface area contributed by atoms with Crippen molar-refractivity contribution in [3.8, 4) is 0 Å². The molecular weight excluding hydrogens is 270 g/mol. The van der Waals surface area contributed by atoms with E-state index in [2.05, 4.69) is 20.9 Å². The first kappa shape index (κ1) is 12.3. The largest absolute Gasteiger partial charge is 0.395 e. The smallest absolute Gasteiger partial charge is 0.255 e. The molecule has 0 unspecified atom stereocenters. The molecule has 0 amide bonds. The summed E-state index contributed by atoms with van der Waals surface area (Å²) in [4.78, 5) is 5.27. The lowest BCUT2D eigenvalue weighted by Crippen LogP contribution is -2.31. The third-order valence-corrected chi connectivity index (χ3v) is 2.22. The van der Waals surface area contributed by atoms with E-state index in [-0.39, 0.29) is 13.2 Å². The molecule has 6 heteroatoms. The van der Waals surface area contributed by atoms with Crippen LogP contribution < -0.4 is 4.90 Å². The van der Waals surface area contributed by atoms with Crippen molar-refractivity contribution in [3.63, 3.8) is 0 Å². The van der Waals surface area contributed by atoms with Crippen LogP contribution in [0.3, 0.4) is 0 Å². The molecule has 0 bridgehead atoms. The second-order valence-electron chi connectivity index (χ2n) is 2.92. The Kier molecular flexibility index (Phi) is 4.90. The van der Waals surface area contributed by atoms with Gasteiger partial charge < -0.3 is 10.0 Å². The monoisotopic (exact) mass is 280 g/mol. The number of aliphatic hydroxyl groups excluding tert-OH is 1. The van der Waals surface area contributed by atoms with Crippen LogP contribution in [-0.4, -0.2) is 36.2 Å². The molecule has 84 valence electrons. The van der Waals surface area contributed by atoms with Crippen LogP contribution in [0.4, 0.5) is 14.5 Å². The molecule has 1 heterocycles. The van der Waals surface area contributed by atoms with Gasteiger partial charge in [-0.25, -0.2) is 8.78 Å². The standard InChI is InChI=1S/C9H11BrF2N2O/c10-7-3-8(5-13-4-7)14(1-2-15)6-9(11)12/h3-5,9,15H,1-2,6H2. The third-order valence-electron chi connectivity index (χ3n) is 1.78. The number of aromatic nitrogens is 1. The van der Waals surface area contributed by atoms with E-state index in [0.29, 0.717) is 5.69 Å². The highest BCUT2D eigenvalue weighted by Gasteiger charge is 2.12. The topological polar surface area (TPSA) is 36.4 Å². The summed E-state index contributed by atoms with van der Waals surface area (Å²) in [6.45, 7) is -0.402. The number of aliphatic hydroxyl groups is 1. The second-order valence-corrected chi connectivity index (χ2v) is 3.84. The van der Waals surface area contributed by atoms with Gasteiger partial charge >= 0.3 is 0 Å². The van der Waals surface area contributed by atoms with E-state index in [1.807, 2.05) is 0 Å². The van der Waals surface area contributed by atoms with Crippen LogP contribution in [0.5, 0.6) is 0 Å². The van der Waals surface area contributed by atoms with Crippen LogP contribution in [0.25, 0.3) is 0 Å². The average molecular weight is 281 g/mol. The Morgan fingerprint density at radius 3 is 2.73 bits per heavy atom. The van der Waals surface area contributed by atoms with Gasteiger partial charge in [-0.1, -0.05) is 0 Å². The van der Waals surface area contributed by atoms with E-state index in [0.717, 1.165) is 4.47 Å². The zero-order valence-electron chi connectivity index (χ0n) is 7.91. The van der Waals surface area contributed by atoms with Crippen LogP contribution in [-0.2, 0) is 0 Å². The Labute approximate surface area is 94.9 Å². The van der Waals surface area contributed by atoms with E-state index in [1.165, 1.54) is 11.1 Å². The average Bonchev–Trinajstić information content (AvgIpc) is 2.16. The zero-order valence-corrected chi connectivity index (χ0v) is 9.49. The van der Waals surface area contributed by atoms with Crippen LogP contribution >= 0.6 is 15.9 Å². The summed E-state index contributed by atoms with van der Waals surface area (Å²) in [5, 5.41) is 8.76. The lowest BCUT2D eigenvalue weighted by atomic mass is 10.3. The summed E-state index contributed by atoms with van der Waals surface area (Å²) in [7, 11) is 0. The normalized spacial score (nSPS) is 10.7. The van der Waals surface area contributed by atoms with Gasteiger partial charge in [0.1, 0.15) is 0 Å². The first-order valence-corrected chi connectivity index (χ1v) is 5.17. The molecule has 0 aliphatic heterocycles. The number of pyridine rings is 1. The van der Waals surface area contributed by atoms with Gasteiger partial charge in [0.2, 0.25) is 0 Å². The molecule has 0 aliphatic carbocycles. The maximum Gasteiger partial charge on any atom is 0.255 e.